The summed E-state index contributed by atoms with van der Waals surface area (Å²) in [5, 5.41) is 1.49. The van der Waals surface area contributed by atoms with E-state index in [1.807, 2.05) is 12.1 Å². The van der Waals surface area contributed by atoms with Crippen LogP contribution in [0.15, 0.2) is 18.2 Å². The highest BCUT2D eigenvalue weighted by molar-refractivity contribution is 9.09. The molecule has 1 fully saturated rings. The standard InChI is InChI=1S/C16H21BrCl2/c1-10-4-6-12(14(17)8-10)16(2,3)13-7-5-11(18)9-15(13)19/h5,7,9-10,12,14H,4,6,8H2,1-3H3. The molecule has 0 aliphatic heterocycles. The summed E-state index contributed by atoms with van der Waals surface area (Å²) in [4.78, 5) is 0.568. The van der Waals surface area contributed by atoms with E-state index in [-0.39, 0.29) is 5.41 Å². The second-order valence-corrected chi connectivity index (χ2v) is 8.41. The highest BCUT2D eigenvalue weighted by Crippen LogP contribution is 2.47. The lowest BCUT2D eigenvalue weighted by molar-refractivity contribution is 0.214. The first-order chi connectivity index (χ1) is 8.82. The van der Waals surface area contributed by atoms with Crippen molar-refractivity contribution in [2.75, 3.05) is 0 Å². The fourth-order valence-electron chi connectivity index (χ4n) is 3.34. The van der Waals surface area contributed by atoms with E-state index in [1.54, 1.807) is 0 Å². The van der Waals surface area contributed by atoms with Crippen LogP contribution in [0.3, 0.4) is 0 Å². The second-order valence-electron chi connectivity index (χ2n) is 6.39. The second kappa shape index (κ2) is 5.95. The molecule has 1 aliphatic rings. The molecule has 0 aromatic heterocycles. The minimum absolute atomic E-state index is 0.0655. The third kappa shape index (κ3) is 3.31. The number of hydrogen-bond acceptors (Lipinski definition) is 0. The molecule has 0 bridgehead atoms. The molecule has 0 spiro atoms. The molecule has 3 heteroatoms. The fraction of sp³-hybridized carbons (Fsp3) is 0.625. The molecule has 0 nitrogen and oxygen atoms in total. The van der Waals surface area contributed by atoms with E-state index in [0.29, 0.717) is 15.8 Å². The molecular formula is C16H21BrCl2. The normalized spacial score (nSPS) is 28.4. The Balaban J connectivity index is 2.30. The average molecular weight is 364 g/mol. The van der Waals surface area contributed by atoms with Gasteiger partial charge in [0.1, 0.15) is 0 Å². The quantitative estimate of drug-likeness (QED) is 0.528. The summed E-state index contributed by atoms with van der Waals surface area (Å²) in [5.41, 5.74) is 1.28. The Labute approximate surface area is 135 Å². The van der Waals surface area contributed by atoms with Gasteiger partial charge in [0.25, 0.3) is 0 Å². The number of benzene rings is 1. The van der Waals surface area contributed by atoms with Gasteiger partial charge < -0.3 is 0 Å². The Morgan fingerprint density at radius 2 is 1.89 bits per heavy atom. The summed E-state index contributed by atoms with van der Waals surface area (Å²) in [6.07, 6.45) is 3.81. The van der Waals surface area contributed by atoms with Crippen LogP contribution in [0.1, 0.15) is 45.6 Å². The number of halogens is 3. The van der Waals surface area contributed by atoms with Crippen molar-refractivity contribution in [2.45, 2.75) is 50.3 Å². The number of rotatable bonds is 2. The summed E-state index contributed by atoms with van der Waals surface area (Å²) in [5.74, 6) is 1.43. The lowest BCUT2D eigenvalue weighted by atomic mass is 9.66. The largest absolute Gasteiger partial charge is 0.0887 e. The third-order valence-electron chi connectivity index (χ3n) is 4.59. The molecule has 19 heavy (non-hydrogen) atoms. The zero-order chi connectivity index (χ0) is 14.2. The van der Waals surface area contributed by atoms with Gasteiger partial charge in [0.2, 0.25) is 0 Å². The van der Waals surface area contributed by atoms with Crippen LogP contribution in [-0.4, -0.2) is 4.83 Å². The van der Waals surface area contributed by atoms with E-state index in [1.165, 1.54) is 24.8 Å². The van der Waals surface area contributed by atoms with E-state index in [2.05, 4.69) is 42.8 Å². The maximum atomic E-state index is 6.41. The molecule has 3 unspecified atom stereocenters. The zero-order valence-corrected chi connectivity index (χ0v) is 14.8. The lowest BCUT2D eigenvalue weighted by Crippen LogP contribution is -2.38. The van der Waals surface area contributed by atoms with E-state index < -0.39 is 0 Å². The molecule has 0 N–H and O–H groups in total. The predicted molar refractivity (Wildman–Crippen MR) is 88.7 cm³/mol. The first kappa shape index (κ1) is 15.7. The van der Waals surface area contributed by atoms with Crippen molar-refractivity contribution in [3.05, 3.63) is 33.8 Å². The molecule has 3 atom stereocenters. The molecule has 1 aromatic carbocycles. The molecule has 1 saturated carbocycles. The molecule has 0 amide bonds. The monoisotopic (exact) mass is 362 g/mol. The number of alkyl halides is 1. The Bertz CT molecular complexity index is 456. The van der Waals surface area contributed by atoms with Gasteiger partial charge in [-0.15, -0.1) is 0 Å². The van der Waals surface area contributed by atoms with Crippen molar-refractivity contribution in [1.29, 1.82) is 0 Å². The first-order valence-corrected chi connectivity index (χ1v) is 8.59. The van der Waals surface area contributed by atoms with Crippen LogP contribution in [0.25, 0.3) is 0 Å². The van der Waals surface area contributed by atoms with E-state index in [0.717, 1.165) is 10.9 Å². The number of hydrogen-bond donors (Lipinski definition) is 0. The van der Waals surface area contributed by atoms with Crippen molar-refractivity contribution < 1.29 is 0 Å². The highest BCUT2D eigenvalue weighted by atomic mass is 79.9. The van der Waals surface area contributed by atoms with Crippen molar-refractivity contribution in [1.82, 2.24) is 0 Å². The topological polar surface area (TPSA) is 0 Å². The van der Waals surface area contributed by atoms with Crippen molar-refractivity contribution in [2.24, 2.45) is 11.8 Å². The zero-order valence-electron chi connectivity index (χ0n) is 11.7. The molecule has 1 aliphatic carbocycles. The maximum absolute atomic E-state index is 6.41. The van der Waals surface area contributed by atoms with Crippen LogP contribution in [0.4, 0.5) is 0 Å². The van der Waals surface area contributed by atoms with Gasteiger partial charge in [0.05, 0.1) is 0 Å². The lowest BCUT2D eigenvalue weighted by Gasteiger charge is -2.42. The Morgan fingerprint density at radius 3 is 2.47 bits per heavy atom. The molecule has 106 valence electrons. The predicted octanol–water partition coefficient (Wildman–Crippen LogP) is 6.47. The van der Waals surface area contributed by atoms with E-state index >= 15 is 0 Å². The Morgan fingerprint density at radius 1 is 1.21 bits per heavy atom. The van der Waals surface area contributed by atoms with Crippen molar-refractivity contribution in [3.8, 4) is 0 Å². The van der Waals surface area contributed by atoms with Crippen LogP contribution in [0.5, 0.6) is 0 Å². The van der Waals surface area contributed by atoms with Gasteiger partial charge in [-0.05, 0) is 47.8 Å². The van der Waals surface area contributed by atoms with Gasteiger partial charge in [0, 0.05) is 14.9 Å². The molecule has 0 heterocycles. The first-order valence-electron chi connectivity index (χ1n) is 6.92. The van der Waals surface area contributed by atoms with E-state index in [4.69, 9.17) is 23.2 Å². The summed E-state index contributed by atoms with van der Waals surface area (Å²) >= 11 is 16.3. The van der Waals surface area contributed by atoms with Crippen LogP contribution >= 0.6 is 39.1 Å². The van der Waals surface area contributed by atoms with Gasteiger partial charge >= 0.3 is 0 Å². The van der Waals surface area contributed by atoms with Crippen LogP contribution in [0.2, 0.25) is 10.0 Å². The van der Waals surface area contributed by atoms with Crippen LogP contribution < -0.4 is 0 Å². The van der Waals surface area contributed by atoms with E-state index in [9.17, 15) is 0 Å². The molecule has 2 rings (SSSR count). The average Bonchev–Trinajstić information content (AvgIpc) is 2.27. The molecule has 0 saturated heterocycles. The maximum Gasteiger partial charge on any atom is 0.0458 e. The van der Waals surface area contributed by atoms with Gasteiger partial charge in [-0.2, -0.15) is 0 Å². The van der Waals surface area contributed by atoms with Crippen molar-refractivity contribution in [3.63, 3.8) is 0 Å². The minimum Gasteiger partial charge on any atom is -0.0887 e. The van der Waals surface area contributed by atoms with Gasteiger partial charge in [-0.3, -0.25) is 0 Å². The summed E-state index contributed by atoms with van der Waals surface area (Å²) in [7, 11) is 0. The minimum atomic E-state index is 0.0655. The van der Waals surface area contributed by atoms with Crippen LogP contribution in [0, 0.1) is 11.8 Å². The molecular weight excluding hydrogens is 343 g/mol. The summed E-state index contributed by atoms with van der Waals surface area (Å²) in [6.45, 7) is 6.95. The van der Waals surface area contributed by atoms with Crippen LogP contribution in [-0.2, 0) is 5.41 Å². The highest BCUT2D eigenvalue weighted by Gasteiger charge is 2.39. The third-order valence-corrected chi connectivity index (χ3v) is 6.15. The van der Waals surface area contributed by atoms with Gasteiger partial charge in [-0.1, -0.05) is 72.4 Å². The summed E-state index contributed by atoms with van der Waals surface area (Å²) < 4.78 is 0. The summed E-state index contributed by atoms with van der Waals surface area (Å²) in [6, 6.07) is 5.89. The van der Waals surface area contributed by atoms with Crippen molar-refractivity contribution >= 4 is 39.1 Å². The van der Waals surface area contributed by atoms with Gasteiger partial charge in [-0.25, -0.2) is 0 Å². The Hall–Kier alpha value is 0.280. The van der Waals surface area contributed by atoms with Gasteiger partial charge in [0.15, 0.2) is 0 Å². The smallest absolute Gasteiger partial charge is 0.0458 e. The Kier molecular flexibility index (Phi) is 4.91. The molecule has 1 aromatic rings. The molecule has 0 radical (unpaired) electrons. The fourth-order valence-corrected chi connectivity index (χ4v) is 5.55. The SMILES string of the molecule is CC1CCC(C(C)(C)c2ccc(Cl)cc2Cl)C(Br)C1.